The normalized spacial score (nSPS) is 17.3. The summed E-state index contributed by atoms with van der Waals surface area (Å²) in [6.45, 7) is 7.67. The highest BCUT2D eigenvalue weighted by Crippen LogP contribution is 2.27. The third-order valence-corrected chi connectivity index (χ3v) is 4.23. The number of hydrogen-bond acceptors (Lipinski definition) is 2. The Labute approximate surface area is 126 Å². The van der Waals surface area contributed by atoms with Crippen molar-refractivity contribution in [2.75, 3.05) is 13.1 Å². The second-order valence-electron chi connectivity index (χ2n) is 6.64. The van der Waals surface area contributed by atoms with Gasteiger partial charge in [0.25, 0.3) is 0 Å². The van der Waals surface area contributed by atoms with Crippen LogP contribution in [0.15, 0.2) is 18.3 Å². The van der Waals surface area contributed by atoms with E-state index >= 15 is 0 Å². The summed E-state index contributed by atoms with van der Waals surface area (Å²) in [6, 6.07) is 3.97. The number of piperidine rings is 1. The summed E-state index contributed by atoms with van der Waals surface area (Å²) in [5.41, 5.74) is 0.842. The summed E-state index contributed by atoms with van der Waals surface area (Å²) >= 11 is 6.11. The van der Waals surface area contributed by atoms with Gasteiger partial charge < -0.3 is 4.90 Å². The lowest BCUT2D eigenvalue weighted by Crippen LogP contribution is -2.44. The minimum absolute atomic E-state index is 0.260. The number of rotatable bonds is 2. The third-order valence-electron chi connectivity index (χ3n) is 3.89. The maximum Gasteiger partial charge on any atom is 0.227 e. The number of likely N-dealkylation sites (tertiary alicyclic amines) is 1. The molecule has 0 N–H and O–H groups in total. The molecule has 1 saturated heterocycles. The molecule has 0 radical (unpaired) electrons. The molecule has 110 valence electrons. The number of carbonyl (C=O) groups excluding carboxylic acids is 1. The van der Waals surface area contributed by atoms with E-state index in [4.69, 9.17) is 11.6 Å². The van der Waals surface area contributed by atoms with Crippen LogP contribution in [-0.2, 0) is 11.2 Å². The van der Waals surface area contributed by atoms with Crippen molar-refractivity contribution in [3.8, 4) is 0 Å². The Kier molecular flexibility index (Phi) is 4.69. The Morgan fingerprint density at radius 1 is 1.40 bits per heavy atom. The van der Waals surface area contributed by atoms with Crippen molar-refractivity contribution < 1.29 is 4.79 Å². The van der Waals surface area contributed by atoms with Crippen molar-refractivity contribution in [3.63, 3.8) is 0 Å². The summed E-state index contributed by atoms with van der Waals surface area (Å²) in [6.07, 6.45) is 4.78. The van der Waals surface area contributed by atoms with Gasteiger partial charge in [-0.1, -0.05) is 38.4 Å². The first-order valence-corrected chi connectivity index (χ1v) is 7.64. The minimum atomic E-state index is -0.278. The van der Waals surface area contributed by atoms with Crippen molar-refractivity contribution in [2.24, 2.45) is 11.3 Å². The first-order valence-electron chi connectivity index (χ1n) is 7.26. The lowest BCUT2D eigenvalue weighted by Gasteiger charge is -2.35. The molecule has 0 saturated carbocycles. The average molecular weight is 295 g/mol. The van der Waals surface area contributed by atoms with Crippen molar-refractivity contribution in [1.82, 2.24) is 9.88 Å². The van der Waals surface area contributed by atoms with Gasteiger partial charge in [0.2, 0.25) is 5.91 Å². The van der Waals surface area contributed by atoms with E-state index in [9.17, 15) is 4.79 Å². The number of halogens is 1. The molecule has 0 bridgehead atoms. The SMILES string of the molecule is CC(C)(C)C(=O)N1CCC(Cc2cccnc2Cl)CC1. The molecule has 3 nitrogen and oxygen atoms in total. The van der Waals surface area contributed by atoms with Gasteiger partial charge in [0, 0.05) is 24.7 Å². The van der Waals surface area contributed by atoms with Crippen LogP contribution >= 0.6 is 11.6 Å². The molecule has 0 atom stereocenters. The quantitative estimate of drug-likeness (QED) is 0.781. The molecule has 0 aliphatic carbocycles. The van der Waals surface area contributed by atoms with Gasteiger partial charge in [-0.25, -0.2) is 4.98 Å². The highest BCUT2D eigenvalue weighted by molar-refractivity contribution is 6.30. The maximum absolute atomic E-state index is 12.2. The van der Waals surface area contributed by atoms with E-state index in [1.807, 2.05) is 37.8 Å². The zero-order valence-corrected chi connectivity index (χ0v) is 13.3. The maximum atomic E-state index is 12.2. The summed E-state index contributed by atoms with van der Waals surface area (Å²) in [4.78, 5) is 18.4. The topological polar surface area (TPSA) is 33.2 Å². The molecular weight excluding hydrogens is 272 g/mol. The van der Waals surface area contributed by atoms with Crippen LogP contribution in [0.2, 0.25) is 5.15 Å². The molecule has 1 amide bonds. The van der Waals surface area contributed by atoms with E-state index in [2.05, 4.69) is 4.98 Å². The van der Waals surface area contributed by atoms with Gasteiger partial charge in [-0.2, -0.15) is 0 Å². The number of nitrogens with zero attached hydrogens (tertiary/aromatic N) is 2. The summed E-state index contributed by atoms with van der Waals surface area (Å²) in [5, 5.41) is 0.612. The standard InChI is InChI=1S/C16H23ClN2O/c1-16(2,3)15(20)19-9-6-12(7-10-19)11-13-5-4-8-18-14(13)17/h4-5,8,12H,6-7,9-11H2,1-3H3. The molecule has 1 aromatic heterocycles. The summed E-state index contributed by atoms with van der Waals surface area (Å²) in [7, 11) is 0. The number of aromatic nitrogens is 1. The van der Waals surface area contributed by atoms with E-state index in [-0.39, 0.29) is 11.3 Å². The van der Waals surface area contributed by atoms with E-state index in [0.29, 0.717) is 11.1 Å². The second kappa shape index (κ2) is 6.13. The largest absolute Gasteiger partial charge is 0.342 e. The van der Waals surface area contributed by atoms with Crippen LogP contribution in [0, 0.1) is 11.3 Å². The second-order valence-corrected chi connectivity index (χ2v) is 7.00. The van der Waals surface area contributed by atoms with E-state index in [1.54, 1.807) is 6.20 Å². The van der Waals surface area contributed by atoms with E-state index < -0.39 is 0 Å². The molecule has 4 heteroatoms. The average Bonchev–Trinajstić information content (AvgIpc) is 2.40. The lowest BCUT2D eigenvalue weighted by molar-refractivity contribution is -0.140. The Balaban J connectivity index is 1.89. The van der Waals surface area contributed by atoms with Crippen molar-refractivity contribution in [2.45, 2.75) is 40.0 Å². The van der Waals surface area contributed by atoms with Crippen LogP contribution < -0.4 is 0 Å². The van der Waals surface area contributed by atoms with E-state index in [1.165, 1.54) is 0 Å². The molecule has 0 unspecified atom stereocenters. The summed E-state index contributed by atoms with van der Waals surface area (Å²) in [5.74, 6) is 0.857. The predicted molar refractivity (Wildman–Crippen MR) is 81.7 cm³/mol. The fourth-order valence-electron chi connectivity index (χ4n) is 2.70. The van der Waals surface area contributed by atoms with Gasteiger partial charge in [0.05, 0.1) is 0 Å². The van der Waals surface area contributed by atoms with Gasteiger partial charge in [-0.15, -0.1) is 0 Å². The molecule has 20 heavy (non-hydrogen) atoms. The third kappa shape index (κ3) is 3.72. The Bertz CT molecular complexity index is 474. The van der Waals surface area contributed by atoms with Crippen LogP contribution in [0.4, 0.5) is 0 Å². The lowest BCUT2D eigenvalue weighted by atomic mass is 9.88. The van der Waals surface area contributed by atoms with Crippen LogP contribution in [0.3, 0.4) is 0 Å². The van der Waals surface area contributed by atoms with Crippen LogP contribution in [0.1, 0.15) is 39.2 Å². The molecular formula is C16H23ClN2O. The van der Waals surface area contributed by atoms with E-state index in [0.717, 1.165) is 37.9 Å². The van der Waals surface area contributed by atoms with Crippen molar-refractivity contribution in [3.05, 3.63) is 29.0 Å². The zero-order valence-electron chi connectivity index (χ0n) is 12.5. The van der Waals surface area contributed by atoms with Crippen LogP contribution in [0.5, 0.6) is 0 Å². The van der Waals surface area contributed by atoms with Crippen molar-refractivity contribution in [1.29, 1.82) is 0 Å². The van der Waals surface area contributed by atoms with Gasteiger partial charge in [0.15, 0.2) is 0 Å². The fraction of sp³-hybridized carbons (Fsp3) is 0.625. The van der Waals surface area contributed by atoms with Gasteiger partial charge in [-0.3, -0.25) is 4.79 Å². The zero-order chi connectivity index (χ0) is 14.8. The molecule has 0 aromatic carbocycles. The number of pyridine rings is 1. The highest BCUT2D eigenvalue weighted by Gasteiger charge is 2.30. The fourth-order valence-corrected chi connectivity index (χ4v) is 2.89. The number of amides is 1. The Morgan fingerprint density at radius 3 is 2.60 bits per heavy atom. The minimum Gasteiger partial charge on any atom is -0.342 e. The van der Waals surface area contributed by atoms with Gasteiger partial charge >= 0.3 is 0 Å². The molecule has 2 rings (SSSR count). The van der Waals surface area contributed by atoms with Crippen molar-refractivity contribution >= 4 is 17.5 Å². The Morgan fingerprint density at radius 2 is 2.05 bits per heavy atom. The number of carbonyl (C=O) groups is 1. The highest BCUT2D eigenvalue weighted by atomic mass is 35.5. The first kappa shape index (κ1) is 15.3. The molecule has 1 aliphatic heterocycles. The van der Waals surface area contributed by atoms with Gasteiger partial charge in [0.1, 0.15) is 5.15 Å². The smallest absolute Gasteiger partial charge is 0.227 e. The van der Waals surface area contributed by atoms with Crippen LogP contribution in [0.25, 0.3) is 0 Å². The molecule has 1 aromatic rings. The molecule has 1 aliphatic rings. The predicted octanol–water partition coefficient (Wildman–Crippen LogP) is 3.56. The monoisotopic (exact) mass is 294 g/mol. The van der Waals surface area contributed by atoms with Crippen LogP contribution in [-0.4, -0.2) is 28.9 Å². The molecule has 0 spiro atoms. The molecule has 2 heterocycles. The summed E-state index contributed by atoms with van der Waals surface area (Å²) < 4.78 is 0. The van der Waals surface area contributed by atoms with Gasteiger partial charge in [-0.05, 0) is 36.8 Å². The molecule has 1 fully saturated rings. The number of hydrogen-bond donors (Lipinski definition) is 0. The first-order chi connectivity index (χ1) is 9.38. The Hall–Kier alpha value is -1.09.